The summed E-state index contributed by atoms with van der Waals surface area (Å²) in [7, 11) is 0. The molecule has 2 heteroatoms. The van der Waals surface area contributed by atoms with Gasteiger partial charge in [0.2, 0.25) is 5.91 Å². The summed E-state index contributed by atoms with van der Waals surface area (Å²) in [6, 6.07) is 10.2. The maximum Gasteiger partial charge on any atom is 0.230 e. The normalized spacial score (nSPS) is 25.1. The zero-order valence-corrected chi connectivity index (χ0v) is 12.3. The van der Waals surface area contributed by atoms with Crippen molar-refractivity contribution >= 4 is 5.91 Å². The van der Waals surface area contributed by atoms with Crippen LogP contribution < -0.4 is 0 Å². The van der Waals surface area contributed by atoms with E-state index < -0.39 is 0 Å². The van der Waals surface area contributed by atoms with Crippen LogP contribution in [0.1, 0.15) is 45.1 Å². The average molecular weight is 259 g/mol. The summed E-state index contributed by atoms with van der Waals surface area (Å²) in [6.45, 7) is 8.45. The highest BCUT2D eigenvalue weighted by Crippen LogP contribution is 2.27. The summed E-state index contributed by atoms with van der Waals surface area (Å²) >= 11 is 0. The molecular weight excluding hydrogens is 234 g/mol. The smallest absolute Gasteiger partial charge is 0.230 e. The number of piperidine rings is 1. The second-order valence-corrected chi connectivity index (χ2v) is 6.06. The Labute approximate surface area is 116 Å². The van der Waals surface area contributed by atoms with Gasteiger partial charge >= 0.3 is 0 Å². The Bertz CT molecular complexity index is 405. The zero-order chi connectivity index (χ0) is 13.8. The number of benzene rings is 1. The predicted octanol–water partition coefficient (Wildman–Crippen LogP) is 3.68. The van der Waals surface area contributed by atoms with Crippen LogP contribution in [0.4, 0.5) is 0 Å². The SMILES string of the molecule is CCC(C(=O)N1CC(C)CC(C)C1)c1ccccc1. The standard InChI is InChI=1S/C17H25NO/c1-4-16(15-8-6-5-7-9-15)17(19)18-11-13(2)10-14(3)12-18/h5-9,13-14,16H,4,10-12H2,1-3H3. The van der Waals surface area contributed by atoms with Crippen molar-refractivity contribution in [2.75, 3.05) is 13.1 Å². The molecule has 1 heterocycles. The molecule has 1 amide bonds. The largest absolute Gasteiger partial charge is 0.342 e. The first-order chi connectivity index (χ1) is 9.11. The topological polar surface area (TPSA) is 20.3 Å². The highest BCUT2D eigenvalue weighted by Gasteiger charge is 2.29. The molecule has 0 aromatic heterocycles. The van der Waals surface area contributed by atoms with Crippen LogP contribution in [0.3, 0.4) is 0 Å². The van der Waals surface area contributed by atoms with Crippen molar-refractivity contribution in [3.63, 3.8) is 0 Å². The first-order valence-corrected chi connectivity index (χ1v) is 7.45. The maximum atomic E-state index is 12.7. The molecule has 0 aliphatic carbocycles. The van der Waals surface area contributed by atoms with Crippen LogP contribution in [-0.4, -0.2) is 23.9 Å². The van der Waals surface area contributed by atoms with E-state index in [1.807, 2.05) is 18.2 Å². The number of amides is 1. The van der Waals surface area contributed by atoms with E-state index in [1.54, 1.807) is 0 Å². The zero-order valence-electron chi connectivity index (χ0n) is 12.3. The lowest BCUT2D eigenvalue weighted by molar-refractivity contribution is -0.135. The number of likely N-dealkylation sites (tertiary alicyclic amines) is 1. The van der Waals surface area contributed by atoms with Gasteiger partial charge in [0.05, 0.1) is 5.92 Å². The van der Waals surface area contributed by atoms with E-state index in [2.05, 4.69) is 37.8 Å². The third-order valence-electron chi connectivity index (χ3n) is 4.09. The number of carbonyl (C=O) groups excluding carboxylic acids is 1. The van der Waals surface area contributed by atoms with E-state index in [0.29, 0.717) is 17.7 Å². The van der Waals surface area contributed by atoms with Crippen molar-refractivity contribution in [3.8, 4) is 0 Å². The van der Waals surface area contributed by atoms with Crippen molar-refractivity contribution < 1.29 is 4.79 Å². The van der Waals surface area contributed by atoms with Gasteiger partial charge in [0.15, 0.2) is 0 Å². The number of hydrogen-bond donors (Lipinski definition) is 0. The Morgan fingerprint density at radius 1 is 1.21 bits per heavy atom. The molecule has 1 aliphatic rings. The summed E-state index contributed by atoms with van der Waals surface area (Å²) < 4.78 is 0. The summed E-state index contributed by atoms with van der Waals surface area (Å²) in [5.41, 5.74) is 1.15. The molecule has 19 heavy (non-hydrogen) atoms. The summed E-state index contributed by atoms with van der Waals surface area (Å²) in [5.74, 6) is 1.59. The van der Waals surface area contributed by atoms with Gasteiger partial charge in [-0.15, -0.1) is 0 Å². The Hall–Kier alpha value is -1.31. The highest BCUT2D eigenvalue weighted by atomic mass is 16.2. The summed E-state index contributed by atoms with van der Waals surface area (Å²) in [5, 5.41) is 0. The number of carbonyl (C=O) groups is 1. The molecule has 0 bridgehead atoms. The molecule has 1 fully saturated rings. The minimum absolute atomic E-state index is 0.0266. The Morgan fingerprint density at radius 3 is 2.32 bits per heavy atom. The van der Waals surface area contributed by atoms with Crippen molar-refractivity contribution in [1.29, 1.82) is 0 Å². The van der Waals surface area contributed by atoms with E-state index in [-0.39, 0.29) is 5.92 Å². The lowest BCUT2D eigenvalue weighted by Gasteiger charge is -2.37. The van der Waals surface area contributed by atoms with Crippen LogP contribution in [0.25, 0.3) is 0 Å². The summed E-state index contributed by atoms with van der Waals surface area (Å²) in [4.78, 5) is 14.8. The van der Waals surface area contributed by atoms with Gasteiger partial charge in [-0.2, -0.15) is 0 Å². The fourth-order valence-corrected chi connectivity index (χ4v) is 3.30. The van der Waals surface area contributed by atoms with Gasteiger partial charge in [-0.1, -0.05) is 51.1 Å². The van der Waals surface area contributed by atoms with Crippen LogP contribution >= 0.6 is 0 Å². The second-order valence-electron chi connectivity index (χ2n) is 6.06. The van der Waals surface area contributed by atoms with Crippen LogP contribution in [0.15, 0.2) is 30.3 Å². The Kier molecular flexibility index (Phi) is 4.62. The number of nitrogens with zero attached hydrogens (tertiary/aromatic N) is 1. The first kappa shape index (κ1) is 14.1. The molecule has 1 aromatic rings. The van der Waals surface area contributed by atoms with Gasteiger partial charge in [0.25, 0.3) is 0 Å². The van der Waals surface area contributed by atoms with Crippen molar-refractivity contribution in [2.24, 2.45) is 11.8 Å². The van der Waals surface area contributed by atoms with Crippen LogP contribution in [-0.2, 0) is 4.79 Å². The van der Waals surface area contributed by atoms with E-state index in [4.69, 9.17) is 0 Å². The van der Waals surface area contributed by atoms with Crippen LogP contribution in [0.2, 0.25) is 0 Å². The molecule has 0 saturated carbocycles. The quantitative estimate of drug-likeness (QED) is 0.810. The van der Waals surface area contributed by atoms with Crippen molar-refractivity contribution in [3.05, 3.63) is 35.9 Å². The molecule has 1 aromatic carbocycles. The van der Waals surface area contributed by atoms with Gasteiger partial charge in [-0.3, -0.25) is 4.79 Å². The van der Waals surface area contributed by atoms with E-state index >= 15 is 0 Å². The fraction of sp³-hybridized carbons (Fsp3) is 0.588. The van der Waals surface area contributed by atoms with E-state index in [9.17, 15) is 4.79 Å². The van der Waals surface area contributed by atoms with Crippen molar-refractivity contribution in [1.82, 2.24) is 4.90 Å². The highest BCUT2D eigenvalue weighted by molar-refractivity contribution is 5.83. The summed E-state index contributed by atoms with van der Waals surface area (Å²) in [6.07, 6.45) is 2.12. The van der Waals surface area contributed by atoms with Crippen LogP contribution in [0.5, 0.6) is 0 Å². The van der Waals surface area contributed by atoms with Crippen LogP contribution in [0, 0.1) is 11.8 Å². The lowest BCUT2D eigenvalue weighted by Crippen LogP contribution is -2.44. The Morgan fingerprint density at radius 2 is 1.79 bits per heavy atom. The first-order valence-electron chi connectivity index (χ1n) is 7.45. The minimum atomic E-state index is 0.0266. The number of rotatable bonds is 3. The van der Waals surface area contributed by atoms with E-state index in [1.165, 1.54) is 6.42 Å². The Balaban J connectivity index is 2.13. The van der Waals surface area contributed by atoms with Gasteiger partial charge < -0.3 is 4.90 Å². The van der Waals surface area contributed by atoms with Crippen molar-refractivity contribution in [2.45, 2.75) is 39.5 Å². The molecule has 0 N–H and O–H groups in total. The predicted molar refractivity (Wildman–Crippen MR) is 79.0 cm³/mol. The third kappa shape index (κ3) is 3.37. The molecule has 1 aliphatic heterocycles. The lowest BCUT2D eigenvalue weighted by atomic mass is 9.89. The molecule has 2 rings (SSSR count). The van der Waals surface area contributed by atoms with Gasteiger partial charge in [0.1, 0.15) is 0 Å². The molecular formula is C17H25NO. The molecule has 2 nitrogen and oxygen atoms in total. The van der Waals surface area contributed by atoms with Gasteiger partial charge in [-0.05, 0) is 30.2 Å². The molecule has 0 radical (unpaired) electrons. The van der Waals surface area contributed by atoms with E-state index in [0.717, 1.165) is 25.1 Å². The molecule has 3 atom stereocenters. The minimum Gasteiger partial charge on any atom is -0.342 e. The molecule has 1 saturated heterocycles. The molecule has 0 spiro atoms. The third-order valence-corrected chi connectivity index (χ3v) is 4.09. The molecule has 3 unspecified atom stereocenters. The average Bonchev–Trinajstić information content (AvgIpc) is 2.39. The van der Waals surface area contributed by atoms with Gasteiger partial charge in [-0.25, -0.2) is 0 Å². The van der Waals surface area contributed by atoms with Gasteiger partial charge in [0, 0.05) is 13.1 Å². The maximum absolute atomic E-state index is 12.7. The monoisotopic (exact) mass is 259 g/mol. The second kappa shape index (κ2) is 6.23. The fourth-order valence-electron chi connectivity index (χ4n) is 3.30. The number of hydrogen-bond acceptors (Lipinski definition) is 1. The molecule has 104 valence electrons.